The zero-order chi connectivity index (χ0) is 14.3. The molecule has 18 heavy (non-hydrogen) atoms. The zero-order valence-corrected chi connectivity index (χ0v) is 11.2. The van der Waals surface area contributed by atoms with Gasteiger partial charge in [0.05, 0.1) is 7.32 Å². The quantitative estimate of drug-likeness (QED) is 0.151. The van der Waals surface area contributed by atoms with Crippen molar-refractivity contribution in [3.05, 3.63) is 0 Å². The molecule has 18 heteroatoms. The van der Waals surface area contributed by atoms with Gasteiger partial charge in [0.15, 0.2) is 0 Å². The maximum absolute atomic E-state index is 8.53. The fourth-order valence-electron chi connectivity index (χ4n) is 0. The van der Waals surface area contributed by atoms with Gasteiger partial charge in [0, 0.05) is 0 Å². The molecule has 0 aliphatic carbocycles. The van der Waals surface area contributed by atoms with Crippen LogP contribution in [0.1, 0.15) is 0 Å². The van der Waals surface area contributed by atoms with Crippen LogP contribution in [-0.4, -0.2) is 79.5 Å². The van der Waals surface area contributed by atoms with Crippen molar-refractivity contribution < 1.29 is 105 Å². The van der Waals surface area contributed by atoms with E-state index in [0.29, 0.717) is 0 Å². The minimum Gasteiger partial charge on any atom is -0.871 e. The molecule has 0 aliphatic rings. The summed E-state index contributed by atoms with van der Waals surface area (Å²) in [6.07, 6.45) is 0. The van der Waals surface area contributed by atoms with E-state index in [4.69, 9.17) is 60.3 Å². The van der Waals surface area contributed by atoms with Gasteiger partial charge in [0.1, 0.15) is 0 Å². The third-order valence-electron chi connectivity index (χ3n) is 0. The molecule has 0 aliphatic heterocycles. The van der Waals surface area contributed by atoms with E-state index in [0.717, 1.165) is 0 Å². The minimum absolute atomic E-state index is 0. The molecule has 0 rings (SSSR count). The Hall–Kier alpha value is 1.26. The average molecular weight is 461 g/mol. The molecule has 0 aromatic rings. The Bertz CT molecular complexity index is 65.1. The van der Waals surface area contributed by atoms with Gasteiger partial charge in [-0.3, -0.25) is 0 Å². The Kier molecular flexibility index (Phi) is 62.8. The van der Waals surface area contributed by atoms with Gasteiger partial charge in [-0.1, -0.05) is 0 Å². The van der Waals surface area contributed by atoms with Gasteiger partial charge in [-0.25, -0.2) is 0 Å². The number of hydrogen-bond acceptors (Lipinski definition) is 12. The monoisotopic (exact) mass is 460 g/mol. The number of hydrogen-bond donors (Lipinski definition) is 10. The molecular weight excluding hydrogens is 451 g/mol. The second-order valence-electron chi connectivity index (χ2n) is 1.35. The van der Waals surface area contributed by atoms with Crippen molar-refractivity contribution in [1.29, 1.82) is 0 Å². The van der Waals surface area contributed by atoms with Crippen LogP contribution in [0.15, 0.2) is 0 Å². The molecule has 0 atom stereocenters. The molecule has 0 amide bonds. The van der Waals surface area contributed by atoms with Crippen LogP contribution in [0.3, 0.4) is 0 Å². The van der Waals surface area contributed by atoms with Crippen molar-refractivity contribution >= 4 is 29.3 Å². The molecule has 0 radical (unpaired) electrons. The average Bonchev–Trinajstić information content (AvgIpc) is 1.76. The summed E-state index contributed by atoms with van der Waals surface area (Å²) < 4.78 is 0. The SMILES string of the molecule is OB(O)O.OB(O)O.OB(O)O.[Ag+].[Ag+].[O-]B([O-])O. The van der Waals surface area contributed by atoms with Crippen molar-refractivity contribution in [1.82, 2.24) is 0 Å². The van der Waals surface area contributed by atoms with Gasteiger partial charge in [0.2, 0.25) is 0 Å². The molecule has 0 bridgehead atoms. The van der Waals surface area contributed by atoms with Crippen LogP contribution in [0.25, 0.3) is 0 Å². The standard InChI is InChI=1S/2Ag.3BH3O3.BHO3/c;;4*2-1(3)4/h;;3*2-4H;2H/q2*+1;;;;-2. The third kappa shape index (κ3) is 2870. The molecule has 0 unspecified atom stereocenters. The van der Waals surface area contributed by atoms with E-state index in [1.807, 2.05) is 0 Å². The smallest absolute Gasteiger partial charge is 0.871 e. The molecule has 0 aromatic heterocycles. The Labute approximate surface area is 134 Å². The third-order valence-corrected chi connectivity index (χ3v) is 0. The summed E-state index contributed by atoms with van der Waals surface area (Å²) in [7, 11) is -9.17. The van der Waals surface area contributed by atoms with Crippen LogP contribution in [0.4, 0.5) is 0 Å². The van der Waals surface area contributed by atoms with Crippen LogP contribution < -0.4 is 10.0 Å². The molecule has 0 spiro atoms. The molecule has 0 heterocycles. The van der Waals surface area contributed by atoms with Gasteiger partial charge in [-0.15, -0.1) is 0 Å². The summed E-state index contributed by atoms with van der Waals surface area (Å²) in [5, 5.41) is 88.5. The molecular formula is H10Ag2B4O12. The van der Waals surface area contributed by atoms with Gasteiger partial charge < -0.3 is 60.3 Å². The van der Waals surface area contributed by atoms with Gasteiger partial charge in [-0.2, -0.15) is 0 Å². The van der Waals surface area contributed by atoms with Crippen LogP contribution in [0.5, 0.6) is 0 Å². The Morgan fingerprint density at radius 3 is 0.444 bits per heavy atom. The van der Waals surface area contributed by atoms with E-state index in [-0.39, 0.29) is 44.8 Å². The Morgan fingerprint density at radius 2 is 0.444 bits per heavy atom. The minimum atomic E-state index is -2.67. The first-order valence-corrected chi connectivity index (χ1v) is 3.05. The summed E-state index contributed by atoms with van der Waals surface area (Å²) in [5.41, 5.74) is 0. The van der Waals surface area contributed by atoms with E-state index < -0.39 is 29.3 Å². The summed E-state index contributed by atoms with van der Waals surface area (Å²) in [4.78, 5) is 0. The van der Waals surface area contributed by atoms with Crippen molar-refractivity contribution in [3.8, 4) is 0 Å². The summed E-state index contributed by atoms with van der Waals surface area (Å²) >= 11 is 0. The Balaban J connectivity index is -0.0000000257. The fourth-order valence-corrected chi connectivity index (χ4v) is 0. The van der Waals surface area contributed by atoms with E-state index in [2.05, 4.69) is 0 Å². The van der Waals surface area contributed by atoms with E-state index in [1.165, 1.54) is 0 Å². The molecule has 12 nitrogen and oxygen atoms in total. The molecule has 0 saturated carbocycles. The van der Waals surface area contributed by atoms with Crippen LogP contribution in [-0.2, 0) is 44.8 Å². The fraction of sp³-hybridized carbons (Fsp3) is 0. The van der Waals surface area contributed by atoms with Gasteiger partial charge in [-0.05, 0) is 0 Å². The van der Waals surface area contributed by atoms with Crippen molar-refractivity contribution in [3.63, 3.8) is 0 Å². The first-order valence-electron chi connectivity index (χ1n) is 3.05. The largest absolute Gasteiger partial charge is 1.00 e. The second kappa shape index (κ2) is 30.9. The molecule has 10 N–H and O–H groups in total. The van der Waals surface area contributed by atoms with Gasteiger partial charge in [0.25, 0.3) is 0 Å². The predicted molar refractivity (Wildman–Crippen MR) is 45.2 cm³/mol. The zero-order valence-electron chi connectivity index (χ0n) is 8.20. The number of rotatable bonds is 0. The summed E-state index contributed by atoms with van der Waals surface area (Å²) in [5.74, 6) is 0. The van der Waals surface area contributed by atoms with Crippen molar-refractivity contribution in [2.45, 2.75) is 0 Å². The normalized spacial score (nSPS) is 6.00. The molecule has 0 fully saturated rings. The van der Waals surface area contributed by atoms with Crippen LogP contribution in [0.2, 0.25) is 0 Å². The first-order chi connectivity index (χ1) is 6.93. The van der Waals surface area contributed by atoms with E-state index >= 15 is 0 Å². The first kappa shape index (κ1) is 36.5. The van der Waals surface area contributed by atoms with Gasteiger partial charge >= 0.3 is 66.7 Å². The Morgan fingerprint density at radius 1 is 0.444 bits per heavy atom. The van der Waals surface area contributed by atoms with E-state index in [1.54, 1.807) is 0 Å². The van der Waals surface area contributed by atoms with Crippen molar-refractivity contribution in [2.75, 3.05) is 0 Å². The molecule has 0 aromatic carbocycles. The molecule has 116 valence electrons. The molecule has 0 saturated heterocycles. The second-order valence-corrected chi connectivity index (χ2v) is 1.35. The summed E-state index contributed by atoms with van der Waals surface area (Å²) in [6.45, 7) is 0. The van der Waals surface area contributed by atoms with E-state index in [9.17, 15) is 0 Å². The summed E-state index contributed by atoms with van der Waals surface area (Å²) in [6, 6.07) is 0. The topological polar surface area (TPSA) is 248 Å². The van der Waals surface area contributed by atoms with Crippen LogP contribution >= 0.6 is 0 Å². The maximum atomic E-state index is 8.53. The predicted octanol–water partition coefficient (Wildman–Crippen LogP) is -9.48. The maximum Gasteiger partial charge on any atom is 1.00 e. The van der Waals surface area contributed by atoms with Crippen molar-refractivity contribution in [2.24, 2.45) is 0 Å². The van der Waals surface area contributed by atoms with Crippen LogP contribution in [0, 0.1) is 0 Å².